The van der Waals surface area contributed by atoms with Gasteiger partial charge < -0.3 is 4.74 Å². The fraction of sp³-hybridized carbons (Fsp3) is 0.0667. The number of benzene rings is 4. The molecule has 1 N–H and O–H groups in total. The third-order valence-electron chi connectivity index (χ3n) is 6.34. The lowest BCUT2D eigenvalue weighted by atomic mass is 9.92. The van der Waals surface area contributed by atoms with Crippen molar-refractivity contribution in [2.24, 2.45) is 0 Å². The zero-order valence-corrected chi connectivity index (χ0v) is 20.2. The van der Waals surface area contributed by atoms with Gasteiger partial charge in [0.25, 0.3) is 11.8 Å². The minimum atomic E-state index is -0.910. The largest absolute Gasteiger partial charge is 0.465 e. The van der Waals surface area contributed by atoms with E-state index in [2.05, 4.69) is 10.1 Å². The van der Waals surface area contributed by atoms with Crippen LogP contribution in [0.2, 0.25) is 0 Å². The Morgan fingerprint density at radius 3 is 2.34 bits per heavy atom. The Kier molecular flexibility index (Phi) is 6.53. The number of halogens is 1. The smallest absolute Gasteiger partial charge is 0.337 e. The highest BCUT2D eigenvalue weighted by Crippen LogP contribution is 2.29. The van der Waals surface area contributed by atoms with Gasteiger partial charge in [-0.1, -0.05) is 54.6 Å². The number of ether oxygens (including phenoxy) is 1. The van der Waals surface area contributed by atoms with E-state index in [9.17, 15) is 23.6 Å². The van der Waals surface area contributed by atoms with Gasteiger partial charge in [0.05, 0.1) is 18.4 Å². The van der Waals surface area contributed by atoms with Crippen LogP contribution in [0.25, 0.3) is 16.8 Å². The van der Waals surface area contributed by atoms with Gasteiger partial charge >= 0.3 is 12.0 Å². The molecule has 1 saturated heterocycles. The van der Waals surface area contributed by atoms with Gasteiger partial charge in [-0.05, 0) is 63.9 Å². The van der Waals surface area contributed by atoms with Crippen molar-refractivity contribution in [3.8, 4) is 0 Å². The number of carbonyl (C=O) groups excluding carboxylic acids is 4. The molecule has 4 aromatic carbocycles. The van der Waals surface area contributed by atoms with Crippen molar-refractivity contribution in [2.75, 3.05) is 12.0 Å². The third kappa shape index (κ3) is 4.55. The standard InChI is InChI=1S/C30H21FN2O5/c1-38-29(36)19-12-14-22(15-13-19)33-28(35)25(27(34)32-30(33)37)17-24-20(16-21-7-3-5-9-26(21)31)11-10-18-6-2-4-8-23(18)24/h2-15,17H,16H2,1H3,(H,32,34,37)/b25-17+. The highest BCUT2D eigenvalue weighted by Gasteiger charge is 2.37. The second-order valence-corrected chi connectivity index (χ2v) is 8.62. The summed E-state index contributed by atoms with van der Waals surface area (Å²) in [5.41, 5.74) is 1.88. The molecule has 0 radical (unpaired) electrons. The average molecular weight is 509 g/mol. The number of barbiturate groups is 1. The summed E-state index contributed by atoms with van der Waals surface area (Å²) in [6, 6.07) is 22.3. The molecule has 0 saturated carbocycles. The summed E-state index contributed by atoms with van der Waals surface area (Å²) in [7, 11) is 1.24. The number of methoxy groups -OCH3 is 1. The quantitative estimate of drug-likeness (QED) is 0.232. The number of amides is 4. The van der Waals surface area contributed by atoms with E-state index in [0.717, 1.165) is 15.7 Å². The molecule has 4 aromatic rings. The molecule has 5 rings (SSSR count). The van der Waals surface area contributed by atoms with Gasteiger partial charge in [0.2, 0.25) is 0 Å². The molecule has 0 atom stereocenters. The number of fused-ring (bicyclic) bond motifs is 1. The number of rotatable bonds is 5. The molecule has 1 heterocycles. The number of imide groups is 2. The van der Waals surface area contributed by atoms with Gasteiger partial charge in [-0.25, -0.2) is 18.9 Å². The maximum Gasteiger partial charge on any atom is 0.337 e. The molecule has 1 fully saturated rings. The predicted octanol–water partition coefficient (Wildman–Crippen LogP) is 5.02. The van der Waals surface area contributed by atoms with Crippen LogP contribution in [0.3, 0.4) is 0 Å². The summed E-state index contributed by atoms with van der Waals surface area (Å²) in [5, 5.41) is 3.84. The lowest BCUT2D eigenvalue weighted by Gasteiger charge is -2.26. The molecular formula is C30H21FN2O5. The van der Waals surface area contributed by atoms with Gasteiger partial charge in [-0.3, -0.25) is 14.9 Å². The Morgan fingerprint density at radius 2 is 1.61 bits per heavy atom. The second-order valence-electron chi connectivity index (χ2n) is 8.62. The molecule has 38 heavy (non-hydrogen) atoms. The number of carbonyl (C=O) groups is 4. The first-order valence-corrected chi connectivity index (χ1v) is 11.7. The van der Waals surface area contributed by atoms with E-state index in [1.54, 1.807) is 18.2 Å². The summed E-state index contributed by atoms with van der Waals surface area (Å²) in [4.78, 5) is 51.6. The molecule has 0 aliphatic carbocycles. The fourth-order valence-electron chi connectivity index (χ4n) is 4.41. The Bertz CT molecular complexity index is 1640. The summed E-state index contributed by atoms with van der Waals surface area (Å²) in [5.74, 6) is -2.60. The summed E-state index contributed by atoms with van der Waals surface area (Å²) >= 11 is 0. The molecule has 1 aliphatic heterocycles. The molecule has 1 aliphatic rings. The predicted molar refractivity (Wildman–Crippen MR) is 140 cm³/mol. The Morgan fingerprint density at radius 1 is 0.895 bits per heavy atom. The first kappa shape index (κ1) is 24.6. The zero-order chi connectivity index (χ0) is 26.8. The van der Waals surface area contributed by atoms with Crippen molar-refractivity contribution in [2.45, 2.75) is 6.42 Å². The van der Waals surface area contributed by atoms with Crippen molar-refractivity contribution in [3.05, 3.63) is 119 Å². The highest BCUT2D eigenvalue weighted by molar-refractivity contribution is 6.39. The van der Waals surface area contributed by atoms with Gasteiger partial charge in [0, 0.05) is 6.42 Å². The number of nitrogens with one attached hydrogen (secondary N) is 1. The normalized spacial score (nSPS) is 14.6. The highest BCUT2D eigenvalue weighted by atomic mass is 19.1. The molecule has 4 amide bonds. The fourth-order valence-corrected chi connectivity index (χ4v) is 4.41. The van der Waals surface area contributed by atoms with Crippen molar-refractivity contribution < 1.29 is 28.3 Å². The van der Waals surface area contributed by atoms with E-state index in [-0.39, 0.29) is 29.1 Å². The monoisotopic (exact) mass is 508 g/mol. The summed E-state index contributed by atoms with van der Waals surface area (Å²) in [6.45, 7) is 0. The number of esters is 1. The average Bonchev–Trinajstić information content (AvgIpc) is 2.92. The lowest BCUT2D eigenvalue weighted by Crippen LogP contribution is -2.54. The maximum absolute atomic E-state index is 14.5. The molecule has 0 unspecified atom stereocenters. The van der Waals surface area contributed by atoms with Crippen molar-refractivity contribution in [1.29, 1.82) is 0 Å². The van der Waals surface area contributed by atoms with Crippen LogP contribution < -0.4 is 10.2 Å². The van der Waals surface area contributed by atoms with Gasteiger partial charge in [0.15, 0.2) is 0 Å². The van der Waals surface area contributed by atoms with Crippen LogP contribution in [0.15, 0.2) is 90.5 Å². The zero-order valence-electron chi connectivity index (χ0n) is 20.2. The van der Waals surface area contributed by atoms with E-state index < -0.39 is 23.8 Å². The van der Waals surface area contributed by atoms with E-state index >= 15 is 0 Å². The Labute approximate surface area is 217 Å². The summed E-state index contributed by atoms with van der Waals surface area (Å²) < 4.78 is 19.2. The van der Waals surface area contributed by atoms with Crippen molar-refractivity contribution in [3.63, 3.8) is 0 Å². The van der Waals surface area contributed by atoms with Crippen LogP contribution >= 0.6 is 0 Å². The first-order valence-electron chi connectivity index (χ1n) is 11.7. The molecule has 7 nitrogen and oxygen atoms in total. The molecule has 188 valence electrons. The molecule has 0 bridgehead atoms. The van der Waals surface area contributed by atoms with Crippen LogP contribution in [0.4, 0.5) is 14.9 Å². The number of hydrogen-bond acceptors (Lipinski definition) is 5. The van der Waals surface area contributed by atoms with Gasteiger partial charge in [0.1, 0.15) is 11.4 Å². The maximum atomic E-state index is 14.5. The molecule has 0 spiro atoms. The SMILES string of the molecule is COC(=O)c1ccc(N2C(=O)NC(=O)/C(=C\c3c(Cc4ccccc4F)ccc4ccccc34)C2=O)cc1. The van der Waals surface area contributed by atoms with E-state index in [1.807, 2.05) is 36.4 Å². The van der Waals surface area contributed by atoms with E-state index in [1.165, 1.54) is 43.5 Å². The number of hydrogen-bond donors (Lipinski definition) is 1. The van der Waals surface area contributed by atoms with Crippen LogP contribution in [0, 0.1) is 5.82 Å². The lowest BCUT2D eigenvalue weighted by molar-refractivity contribution is -0.122. The number of nitrogens with zero attached hydrogens (tertiary/aromatic N) is 1. The van der Waals surface area contributed by atoms with Crippen LogP contribution in [-0.4, -0.2) is 30.9 Å². The first-order chi connectivity index (χ1) is 18.4. The van der Waals surface area contributed by atoms with Crippen LogP contribution in [-0.2, 0) is 20.7 Å². The summed E-state index contributed by atoms with van der Waals surface area (Å²) in [6.07, 6.45) is 1.67. The van der Waals surface area contributed by atoms with E-state index in [0.29, 0.717) is 16.7 Å². The number of anilines is 1. The second kappa shape index (κ2) is 10.1. The minimum absolute atomic E-state index is 0.169. The van der Waals surface area contributed by atoms with Gasteiger partial charge in [-0.2, -0.15) is 0 Å². The van der Waals surface area contributed by atoms with Crippen LogP contribution in [0.1, 0.15) is 27.0 Å². The molecule has 0 aromatic heterocycles. The van der Waals surface area contributed by atoms with E-state index in [4.69, 9.17) is 0 Å². The van der Waals surface area contributed by atoms with Crippen molar-refractivity contribution in [1.82, 2.24) is 5.32 Å². The van der Waals surface area contributed by atoms with Crippen molar-refractivity contribution >= 4 is 46.4 Å². The molecule has 8 heteroatoms. The Balaban J connectivity index is 1.60. The third-order valence-corrected chi connectivity index (χ3v) is 6.34. The van der Waals surface area contributed by atoms with Crippen LogP contribution in [0.5, 0.6) is 0 Å². The Hall–Kier alpha value is -5.11. The topological polar surface area (TPSA) is 92.8 Å². The minimum Gasteiger partial charge on any atom is -0.465 e. The number of urea groups is 1. The van der Waals surface area contributed by atoms with Gasteiger partial charge in [-0.15, -0.1) is 0 Å². The molecular weight excluding hydrogens is 487 g/mol.